The molecule has 1 aromatic carbocycles. The van der Waals surface area contributed by atoms with Crippen molar-refractivity contribution in [3.05, 3.63) is 28.2 Å². The second kappa shape index (κ2) is 7.88. The predicted molar refractivity (Wildman–Crippen MR) is 85.8 cm³/mol. The number of benzene rings is 1. The first-order valence-electron chi connectivity index (χ1n) is 6.85. The third kappa shape index (κ3) is 4.48. The molecule has 0 aliphatic carbocycles. The highest BCUT2D eigenvalue weighted by Crippen LogP contribution is 2.31. The number of hydrogen-bond donors (Lipinski definition) is 2. The van der Waals surface area contributed by atoms with Crippen LogP contribution >= 0.6 is 15.9 Å². The van der Waals surface area contributed by atoms with E-state index in [1.807, 2.05) is 7.05 Å². The molecule has 4 heteroatoms. The largest absolute Gasteiger partial charge is 0.396 e. The number of rotatable bonds is 7. The van der Waals surface area contributed by atoms with Gasteiger partial charge in [0.25, 0.3) is 0 Å². The molecule has 1 unspecified atom stereocenters. The number of aliphatic hydroxyl groups excluding tert-OH is 1. The maximum Gasteiger partial charge on any atom is 0.0447 e. The Balaban J connectivity index is 3.15. The molecular formula is C15H25BrN2O. The lowest BCUT2D eigenvalue weighted by Gasteiger charge is -2.32. The third-order valence-corrected chi connectivity index (χ3v) is 3.88. The molecular weight excluding hydrogens is 304 g/mol. The molecule has 0 spiro atoms. The van der Waals surface area contributed by atoms with Crippen LogP contribution in [0.3, 0.4) is 0 Å². The van der Waals surface area contributed by atoms with E-state index in [-0.39, 0.29) is 6.61 Å². The van der Waals surface area contributed by atoms with Crippen molar-refractivity contribution in [2.75, 3.05) is 25.1 Å². The molecule has 19 heavy (non-hydrogen) atoms. The summed E-state index contributed by atoms with van der Waals surface area (Å²) in [6.45, 7) is 7.64. The third-order valence-electron chi connectivity index (χ3n) is 3.38. The SMILES string of the molecule is CNC(C)c1ccc(Br)cc1N(CCCO)C(C)C. The maximum absolute atomic E-state index is 9.07. The summed E-state index contributed by atoms with van der Waals surface area (Å²) >= 11 is 3.56. The molecule has 1 rings (SSSR count). The molecule has 1 aromatic rings. The van der Waals surface area contributed by atoms with Crippen molar-refractivity contribution in [3.63, 3.8) is 0 Å². The number of hydrogen-bond acceptors (Lipinski definition) is 3. The number of nitrogens with one attached hydrogen (secondary N) is 1. The Labute approximate surface area is 125 Å². The Morgan fingerprint density at radius 2 is 2.00 bits per heavy atom. The summed E-state index contributed by atoms with van der Waals surface area (Å²) in [5.74, 6) is 0. The molecule has 0 aliphatic rings. The Morgan fingerprint density at radius 1 is 1.32 bits per heavy atom. The second-order valence-electron chi connectivity index (χ2n) is 5.08. The fraction of sp³-hybridized carbons (Fsp3) is 0.600. The van der Waals surface area contributed by atoms with Gasteiger partial charge in [-0.2, -0.15) is 0 Å². The minimum Gasteiger partial charge on any atom is -0.396 e. The highest BCUT2D eigenvalue weighted by Gasteiger charge is 2.17. The lowest BCUT2D eigenvalue weighted by atomic mass is 10.0. The second-order valence-corrected chi connectivity index (χ2v) is 5.99. The normalized spacial score (nSPS) is 12.8. The molecule has 0 bridgehead atoms. The van der Waals surface area contributed by atoms with E-state index in [1.165, 1.54) is 11.3 Å². The summed E-state index contributed by atoms with van der Waals surface area (Å²) < 4.78 is 1.09. The van der Waals surface area contributed by atoms with Crippen LogP contribution in [0.4, 0.5) is 5.69 Å². The standard InChI is InChI=1S/C15H25BrN2O/c1-11(2)18(8-5-9-19)15-10-13(16)6-7-14(15)12(3)17-4/h6-7,10-12,17,19H,5,8-9H2,1-4H3. The van der Waals surface area contributed by atoms with Crippen molar-refractivity contribution < 1.29 is 5.11 Å². The molecule has 0 aromatic heterocycles. The van der Waals surface area contributed by atoms with Gasteiger partial charge in [0.15, 0.2) is 0 Å². The zero-order valence-electron chi connectivity index (χ0n) is 12.3. The van der Waals surface area contributed by atoms with Gasteiger partial charge in [-0.15, -0.1) is 0 Å². The molecule has 3 nitrogen and oxygen atoms in total. The van der Waals surface area contributed by atoms with Gasteiger partial charge in [0, 0.05) is 35.4 Å². The molecule has 1 atom stereocenters. The van der Waals surface area contributed by atoms with Crippen LogP contribution in [-0.2, 0) is 0 Å². The number of anilines is 1. The lowest BCUT2D eigenvalue weighted by Crippen LogP contribution is -2.33. The highest BCUT2D eigenvalue weighted by molar-refractivity contribution is 9.10. The zero-order chi connectivity index (χ0) is 14.4. The van der Waals surface area contributed by atoms with Gasteiger partial charge in [0.2, 0.25) is 0 Å². The van der Waals surface area contributed by atoms with Crippen LogP contribution in [0.1, 0.15) is 38.8 Å². The summed E-state index contributed by atoms with van der Waals surface area (Å²) in [5, 5.41) is 12.4. The van der Waals surface area contributed by atoms with Crippen LogP contribution in [0.2, 0.25) is 0 Å². The zero-order valence-corrected chi connectivity index (χ0v) is 13.9. The first kappa shape index (κ1) is 16.5. The summed E-state index contributed by atoms with van der Waals surface area (Å²) in [4.78, 5) is 2.35. The Hall–Kier alpha value is -0.580. The van der Waals surface area contributed by atoms with E-state index in [4.69, 9.17) is 5.11 Å². The van der Waals surface area contributed by atoms with Crippen molar-refractivity contribution in [2.45, 2.75) is 39.3 Å². The molecule has 0 heterocycles. The highest BCUT2D eigenvalue weighted by atomic mass is 79.9. The van der Waals surface area contributed by atoms with E-state index in [9.17, 15) is 0 Å². The van der Waals surface area contributed by atoms with Crippen molar-refractivity contribution in [1.29, 1.82) is 0 Å². The van der Waals surface area contributed by atoms with Crippen LogP contribution in [0.5, 0.6) is 0 Å². The van der Waals surface area contributed by atoms with Crippen LogP contribution in [-0.4, -0.2) is 31.3 Å². The van der Waals surface area contributed by atoms with Crippen LogP contribution < -0.4 is 10.2 Å². The van der Waals surface area contributed by atoms with Crippen molar-refractivity contribution >= 4 is 21.6 Å². The van der Waals surface area contributed by atoms with E-state index >= 15 is 0 Å². The smallest absolute Gasteiger partial charge is 0.0447 e. The molecule has 0 radical (unpaired) electrons. The van der Waals surface area contributed by atoms with E-state index in [0.29, 0.717) is 12.1 Å². The first-order chi connectivity index (χ1) is 9.01. The Morgan fingerprint density at radius 3 is 2.53 bits per heavy atom. The van der Waals surface area contributed by atoms with E-state index < -0.39 is 0 Å². The topological polar surface area (TPSA) is 35.5 Å². The molecule has 108 valence electrons. The Bertz CT molecular complexity index is 396. The first-order valence-corrected chi connectivity index (χ1v) is 7.64. The number of aliphatic hydroxyl groups is 1. The molecule has 0 fully saturated rings. The van der Waals surface area contributed by atoms with Crippen LogP contribution in [0, 0.1) is 0 Å². The summed E-state index contributed by atoms with van der Waals surface area (Å²) in [6, 6.07) is 7.12. The van der Waals surface area contributed by atoms with Gasteiger partial charge in [-0.25, -0.2) is 0 Å². The number of halogens is 1. The molecule has 2 N–H and O–H groups in total. The van der Waals surface area contributed by atoms with Gasteiger partial charge >= 0.3 is 0 Å². The monoisotopic (exact) mass is 328 g/mol. The van der Waals surface area contributed by atoms with Crippen molar-refractivity contribution in [1.82, 2.24) is 5.32 Å². The van der Waals surface area contributed by atoms with Crippen molar-refractivity contribution in [2.24, 2.45) is 0 Å². The molecule has 0 aliphatic heterocycles. The minimum absolute atomic E-state index is 0.230. The molecule has 0 saturated heterocycles. The molecule has 0 saturated carbocycles. The van der Waals surface area contributed by atoms with Crippen molar-refractivity contribution in [3.8, 4) is 0 Å². The maximum atomic E-state index is 9.07. The summed E-state index contributed by atoms with van der Waals surface area (Å²) in [5.41, 5.74) is 2.53. The van der Waals surface area contributed by atoms with Gasteiger partial charge in [0.1, 0.15) is 0 Å². The average Bonchev–Trinajstić information content (AvgIpc) is 2.38. The average molecular weight is 329 g/mol. The van der Waals surface area contributed by atoms with Gasteiger partial charge in [-0.1, -0.05) is 22.0 Å². The van der Waals surface area contributed by atoms with Gasteiger partial charge in [0.05, 0.1) is 0 Å². The summed E-state index contributed by atoms with van der Waals surface area (Å²) in [7, 11) is 1.98. The minimum atomic E-state index is 0.230. The predicted octanol–water partition coefficient (Wildman–Crippen LogP) is 3.33. The fourth-order valence-corrected chi connectivity index (χ4v) is 2.53. The van der Waals surface area contributed by atoms with Gasteiger partial charge in [-0.3, -0.25) is 0 Å². The Kier molecular flexibility index (Phi) is 6.83. The summed E-state index contributed by atoms with van der Waals surface area (Å²) in [6.07, 6.45) is 0.790. The fourth-order valence-electron chi connectivity index (χ4n) is 2.19. The van der Waals surface area contributed by atoms with E-state index in [1.54, 1.807) is 0 Å². The van der Waals surface area contributed by atoms with Crippen LogP contribution in [0.15, 0.2) is 22.7 Å². The van der Waals surface area contributed by atoms with Gasteiger partial charge < -0.3 is 15.3 Å². The quantitative estimate of drug-likeness (QED) is 0.805. The van der Waals surface area contributed by atoms with E-state index in [0.717, 1.165) is 17.4 Å². The van der Waals surface area contributed by atoms with Crippen LogP contribution in [0.25, 0.3) is 0 Å². The molecule has 0 amide bonds. The van der Waals surface area contributed by atoms with E-state index in [2.05, 4.69) is 65.1 Å². The number of nitrogens with zero attached hydrogens (tertiary/aromatic N) is 1. The van der Waals surface area contributed by atoms with Gasteiger partial charge in [-0.05, 0) is 51.9 Å². The lowest BCUT2D eigenvalue weighted by molar-refractivity contribution is 0.288.